The van der Waals surface area contributed by atoms with Crippen LogP contribution in [0.25, 0.3) is 5.69 Å². The lowest BCUT2D eigenvalue weighted by molar-refractivity contribution is -0.137. The molecule has 0 aliphatic rings. The first-order chi connectivity index (χ1) is 9.86. The lowest BCUT2D eigenvalue weighted by Crippen LogP contribution is -2.16. The first-order valence-corrected chi connectivity index (χ1v) is 6.04. The number of nitrogens with one attached hydrogen (secondary N) is 2. The van der Waals surface area contributed by atoms with E-state index in [-0.39, 0.29) is 22.1 Å². The Hall–Kier alpha value is -2.24. The Balaban J connectivity index is 2.46. The largest absolute Gasteiger partial charge is 0.416 e. The van der Waals surface area contributed by atoms with Crippen LogP contribution in [0.15, 0.2) is 24.4 Å². The molecule has 2 aromatic rings. The summed E-state index contributed by atoms with van der Waals surface area (Å²) in [5.41, 5.74) is 4.87. The highest BCUT2D eigenvalue weighted by Crippen LogP contribution is 2.33. The summed E-state index contributed by atoms with van der Waals surface area (Å²) in [6.07, 6.45) is -3.10. The number of halogens is 4. The van der Waals surface area contributed by atoms with E-state index in [1.807, 2.05) is 6.07 Å². The molecule has 1 aromatic heterocycles. The molecule has 110 valence electrons. The lowest BCUT2D eigenvalue weighted by Gasteiger charge is -2.09. The summed E-state index contributed by atoms with van der Waals surface area (Å²) >= 11 is 5.87. The van der Waals surface area contributed by atoms with Crippen molar-refractivity contribution < 1.29 is 13.2 Å². The first-order valence-electron chi connectivity index (χ1n) is 5.66. The van der Waals surface area contributed by atoms with Gasteiger partial charge in [-0.25, -0.2) is 10.1 Å². The van der Waals surface area contributed by atoms with Crippen LogP contribution in [0.1, 0.15) is 11.1 Å². The van der Waals surface area contributed by atoms with Crippen molar-refractivity contribution in [2.45, 2.75) is 6.18 Å². The number of hydrogen-bond acceptors (Lipinski definition) is 4. The molecule has 0 atom stereocenters. The van der Waals surface area contributed by atoms with Gasteiger partial charge < -0.3 is 5.43 Å². The van der Waals surface area contributed by atoms with Crippen molar-refractivity contribution in [2.24, 2.45) is 0 Å². The van der Waals surface area contributed by atoms with Crippen LogP contribution in [0.4, 0.5) is 19.0 Å². The second kappa shape index (κ2) is 5.63. The summed E-state index contributed by atoms with van der Waals surface area (Å²) in [6.45, 7) is 0. The highest BCUT2D eigenvalue weighted by Gasteiger charge is 2.31. The second-order valence-corrected chi connectivity index (χ2v) is 4.39. The van der Waals surface area contributed by atoms with Crippen molar-refractivity contribution in [3.8, 4) is 11.8 Å². The number of hydrazine groups is 1. The van der Waals surface area contributed by atoms with E-state index in [0.717, 1.165) is 12.1 Å². The first kappa shape index (κ1) is 15.2. The average Bonchev–Trinajstić information content (AvgIpc) is 2.81. The molecule has 2 N–H and O–H groups in total. The SMILES string of the molecule is CNNc1nn(-c2ccc(C(F)(F)F)cc2Cl)cc1C#N. The third-order valence-electron chi connectivity index (χ3n) is 2.60. The maximum atomic E-state index is 12.6. The maximum absolute atomic E-state index is 12.6. The Labute approximate surface area is 122 Å². The summed E-state index contributed by atoms with van der Waals surface area (Å²) in [6, 6.07) is 4.83. The fourth-order valence-corrected chi connectivity index (χ4v) is 1.93. The van der Waals surface area contributed by atoms with Gasteiger partial charge in [0.15, 0.2) is 5.82 Å². The van der Waals surface area contributed by atoms with E-state index in [2.05, 4.69) is 16.0 Å². The highest BCUT2D eigenvalue weighted by atomic mass is 35.5. The van der Waals surface area contributed by atoms with Gasteiger partial charge in [0.2, 0.25) is 0 Å². The number of nitriles is 1. The molecule has 5 nitrogen and oxygen atoms in total. The number of hydrogen-bond donors (Lipinski definition) is 2. The van der Waals surface area contributed by atoms with E-state index in [0.29, 0.717) is 0 Å². The summed E-state index contributed by atoms with van der Waals surface area (Å²) < 4.78 is 39.0. The molecule has 0 bridgehead atoms. The van der Waals surface area contributed by atoms with Crippen LogP contribution in [0.5, 0.6) is 0 Å². The molecule has 0 spiro atoms. The number of rotatable bonds is 3. The van der Waals surface area contributed by atoms with Gasteiger partial charge in [-0.05, 0) is 18.2 Å². The summed E-state index contributed by atoms with van der Waals surface area (Å²) in [5.74, 6) is 0.246. The van der Waals surface area contributed by atoms with Crippen molar-refractivity contribution in [3.05, 3.63) is 40.5 Å². The predicted molar refractivity (Wildman–Crippen MR) is 71.0 cm³/mol. The quantitative estimate of drug-likeness (QED) is 0.855. The molecule has 9 heteroatoms. The van der Waals surface area contributed by atoms with Crippen LogP contribution < -0.4 is 10.9 Å². The fraction of sp³-hybridized carbons (Fsp3) is 0.167. The van der Waals surface area contributed by atoms with Crippen LogP contribution in [0.3, 0.4) is 0 Å². The Morgan fingerprint density at radius 2 is 2.10 bits per heavy atom. The number of benzene rings is 1. The van der Waals surface area contributed by atoms with E-state index in [4.69, 9.17) is 16.9 Å². The van der Waals surface area contributed by atoms with Gasteiger partial charge in [-0.1, -0.05) is 11.6 Å². The highest BCUT2D eigenvalue weighted by molar-refractivity contribution is 6.32. The van der Waals surface area contributed by atoms with Crippen LogP contribution in [-0.4, -0.2) is 16.8 Å². The molecule has 0 saturated carbocycles. The van der Waals surface area contributed by atoms with Crippen molar-refractivity contribution in [3.63, 3.8) is 0 Å². The Morgan fingerprint density at radius 1 is 1.38 bits per heavy atom. The van der Waals surface area contributed by atoms with Gasteiger partial charge in [0.1, 0.15) is 11.6 Å². The molecule has 0 amide bonds. The van der Waals surface area contributed by atoms with Gasteiger partial charge in [-0.15, -0.1) is 5.10 Å². The minimum atomic E-state index is -4.47. The Kier molecular flexibility index (Phi) is 4.06. The molecule has 0 aliphatic heterocycles. The summed E-state index contributed by atoms with van der Waals surface area (Å²) in [5, 5.41) is 12.9. The molecule has 0 saturated heterocycles. The minimum Gasteiger partial charge on any atom is -0.303 e. The van der Waals surface area contributed by atoms with Gasteiger partial charge in [-0.3, -0.25) is 0 Å². The molecule has 0 aliphatic carbocycles. The second-order valence-electron chi connectivity index (χ2n) is 3.99. The van der Waals surface area contributed by atoms with Crippen LogP contribution in [0, 0.1) is 11.3 Å². The molecular weight excluding hydrogens is 307 g/mol. The molecule has 21 heavy (non-hydrogen) atoms. The zero-order valence-corrected chi connectivity index (χ0v) is 11.4. The number of nitrogens with zero attached hydrogens (tertiary/aromatic N) is 3. The van der Waals surface area contributed by atoms with E-state index in [1.54, 1.807) is 7.05 Å². The van der Waals surface area contributed by atoms with E-state index in [1.165, 1.54) is 16.9 Å². The lowest BCUT2D eigenvalue weighted by atomic mass is 10.2. The van der Waals surface area contributed by atoms with E-state index < -0.39 is 11.7 Å². The third-order valence-corrected chi connectivity index (χ3v) is 2.90. The molecule has 0 fully saturated rings. The molecule has 2 rings (SSSR count). The topological polar surface area (TPSA) is 65.7 Å². The monoisotopic (exact) mass is 315 g/mol. The van der Waals surface area contributed by atoms with Gasteiger partial charge >= 0.3 is 6.18 Å². The standard InChI is InChI=1S/C12H9ClF3N5/c1-18-19-11-7(5-17)6-21(20-11)10-3-2-8(4-9(10)13)12(14,15)16/h2-4,6,18H,1H3,(H,19,20). The number of alkyl halides is 3. The van der Waals surface area contributed by atoms with E-state index in [9.17, 15) is 13.2 Å². The van der Waals surface area contributed by atoms with Crippen LogP contribution >= 0.6 is 11.6 Å². The minimum absolute atomic E-state index is 0.118. The van der Waals surface area contributed by atoms with Crippen molar-refractivity contribution >= 4 is 17.4 Å². The van der Waals surface area contributed by atoms with Gasteiger partial charge in [-0.2, -0.15) is 18.4 Å². The van der Waals surface area contributed by atoms with Gasteiger partial charge in [0.25, 0.3) is 0 Å². The van der Waals surface area contributed by atoms with Gasteiger partial charge in [0, 0.05) is 7.05 Å². The predicted octanol–water partition coefficient (Wildman–Crippen LogP) is 2.96. The van der Waals surface area contributed by atoms with Crippen LogP contribution in [-0.2, 0) is 6.18 Å². The molecule has 1 heterocycles. The van der Waals surface area contributed by atoms with Crippen molar-refractivity contribution in [1.29, 1.82) is 5.26 Å². The average molecular weight is 316 g/mol. The number of aromatic nitrogens is 2. The molecule has 1 aromatic carbocycles. The smallest absolute Gasteiger partial charge is 0.303 e. The molecule has 0 unspecified atom stereocenters. The fourth-order valence-electron chi connectivity index (χ4n) is 1.66. The molecule has 0 radical (unpaired) electrons. The van der Waals surface area contributed by atoms with Crippen molar-refractivity contribution in [2.75, 3.05) is 12.5 Å². The van der Waals surface area contributed by atoms with Crippen molar-refractivity contribution in [1.82, 2.24) is 15.2 Å². The van der Waals surface area contributed by atoms with Gasteiger partial charge in [0.05, 0.1) is 22.5 Å². The van der Waals surface area contributed by atoms with Crippen LogP contribution in [0.2, 0.25) is 5.02 Å². The third kappa shape index (κ3) is 3.09. The Bertz CT molecular complexity index is 702. The number of anilines is 1. The molecular formula is C12H9ClF3N5. The zero-order chi connectivity index (χ0) is 15.6. The Morgan fingerprint density at radius 3 is 2.62 bits per heavy atom. The van der Waals surface area contributed by atoms with E-state index >= 15 is 0 Å². The zero-order valence-electron chi connectivity index (χ0n) is 10.7. The summed E-state index contributed by atoms with van der Waals surface area (Å²) in [7, 11) is 1.59. The normalized spacial score (nSPS) is 11.2. The summed E-state index contributed by atoms with van der Waals surface area (Å²) in [4.78, 5) is 0. The maximum Gasteiger partial charge on any atom is 0.416 e.